The van der Waals surface area contributed by atoms with Crippen LogP contribution in [-0.4, -0.2) is 48.9 Å². The van der Waals surface area contributed by atoms with Crippen LogP contribution in [0.15, 0.2) is 17.0 Å². The highest BCUT2D eigenvalue weighted by Crippen LogP contribution is 2.36. The molecular formula is C16H20N2O6S. The van der Waals surface area contributed by atoms with Gasteiger partial charge >= 0.3 is 5.97 Å². The van der Waals surface area contributed by atoms with Crippen LogP contribution >= 0.6 is 0 Å². The Kier molecular flexibility index (Phi) is 4.46. The molecule has 0 unspecified atom stereocenters. The van der Waals surface area contributed by atoms with E-state index in [0.717, 1.165) is 0 Å². The van der Waals surface area contributed by atoms with E-state index in [1.165, 1.54) is 10.4 Å². The third-order valence-electron chi connectivity index (χ3n) is 4.63. The van der Waals surface area contributed by atoms with Crippen LogP contribution in [0.4, 0.5) is 5.69 Å². The zero-order valence-corrected chi connectivity index (χ0v) is 14.8. The molecule has 0 bridgehead atoms. The lowest BCUT2D eigenvalue weighted by Crippen LogP contribution is -2.40. The average molecular weight is 368 g/mol. The molecule has 0 saturated carbocycles. The SMILES string of the molecule is Cc1cc2c(cc1S(=O)(=O)N1CCC(C(=O)O)CC1)O[C@@H](C)C(=O)N2. The summed E-state index contributed by atoms with van der Waals surface area (Å²) < 4.78 is 32.7. The quantitative estimate of drug-likeness (QED) is 0.829. The molecule has 1 atom stereocenters. The summed E-state index contributed by atoms with van der Waals surface area (Å²) in [5.41, 5.74) is 0.946. The van der Waals surface area contributed by atoms with Crippen LogP contribution < -0.4 is 10.1 Å². The number of ether oxygens (including phenoxy) is 1. The molecule has 8 nitrogen and oxygen atoms in total. The molecule has 0 spiro atoms. The van der Waals surface area contributed by atoms with E-state index in [4.69, 9.17) is 9.84 Å². The van der Waals surface area contributed by atoms with Crippen molar-refractivity contribution < 1.29 is 27.9 Å². The molecule has 2 N–H and O–H groups in total. The van der Waals surface area contributed by atoms with Crippen LogP contribution in [0.1, 0.15) is 25.3 Å². The van der Waals surface area contributed by atoms with Crippen LogP contribution in [0.25, 0.3) is 0 Å². The van der Waals surface area contributed by atoms with Gasteiger partial charge in [0.1, 0.15) is 5.75 Å². The minimum Gasteiger partial charge on any atom is -0.481 e. The topological polar surface area (TPSA) is 113 Å². The molecule has 1 aromatic carbocycles. The summed E-state index contributed by atoms with van der Waals surface area (Å²) in [7, 11) is -3.76. The Balaban J connectivity index is 1.90. The van der Waals surface area contributed by atoms with Gasteiger partial charge in [-0.15, -0.1) is 0 Å². The lowest BCUT2D eigenvalue weighted by atomic mass is 9.99. The number of sulfonamides is 1. The maximum absolute atomic E-state index is 13.0. The second kappa shape index (κ2) is 6.30. The molecule has 0 aromatic heterocycles. The number of hydrogen-bond acceptors (Lipinski definition) is 5. The third kappa shape index (κ3) is 3.21. The van der Waals surface area contributed by atoms with Crippen molar-refractivity contribution in [3.63, 3.8) is 0 Å². The lowest BCUT2D eigenvalue weighted by molar-refractivity contribution is -0.143. The Morgan fingerprint density at radius 3 is 2.56 bits per heavy atom. The van der Waals surface area contributed by atoms with Gasteiger partial charge in [-0.3, -0.25) is 9.59 Å². The van der Waals surface area contributed by atoms with E-state index >= 15 is 0 Å². The summed E-state index contributed by atoms with van der Waals surface area (Å²) in [5.74, 6) is -1.36. The summed E-state index contributed by atoms with van der Waals surface area (Å²) in [6.45, 7) is 3.58. The zero-order chi connectivity index (χ0) is 18.4. The van der Waals surface area contributed by atoms with Gasteiger partial charge in [0, 0.05) is 19.2 Å². The number of carbonyl (C=O) groups is 2. The fourth-order valence-electron chi connectivity index (χ4n) is 3.10. The highest BCUT2D eigenvalue weighted by Gasteiger charge is 2.34. The van der Waals surface area contributed by atoms with Crippen molar-refractivity contribution in [2.75, 3.05) is 18.4 Å². The van der Waals surface area contributed by atoms with E-state index in [1.807, 2.05) is 0 Å². The van der Waals surface area contributed by atoms with Gasteiger partial charge in [0.05, 0.1) is 16.5 Å². The van der Waals surface area contributed by atoms with E-state index in [9.17, 15) is 18.0 Å². The second-order valence-corrected chi connectivity index (χ2v) is 8.29. The Hall–Kier alpha value is -2.13. The van der Waals surface area contributed by atoms with Crippen LogP contribution in [0.2, 0.25) is 0 Å². The molecule has 25 heavy (non-hydrogen) atoms. The van der Waals surface area contributed by atoms with Crippen LogP contribution in [0, 0.1) is 12.8 Å². The Morgan fingerprint density at radius 1 is 1.32 bits per heavy atom. The standard InChI is InChI=1S/C16H20N2O6S/c1-9-7-12-13(24-10(2)15(19)17-12)8-14(9)25(22,23)18-5-3-11(4-6-18)16(20)21/h7-8,10-11H,3-6H2,1-2H3,(H,17,19)(H,20,21)/t10-/m0/s1. The third-order valence-corrected chi connectivity index (χ3v) is 6.67. The van der Waals surface area contributed by atoms with E-state index in [-0.39, 0.29) is 23.9 Å². The number of amides is 1. The molecule has 9 heteroatoms. The fraction of sp³-hybridized carbons (Fsp3) is 0.500. The molecule has 136 valence electrons. The van der Waals surface area contributed by atoms with Gasteiger partial charge in [0.25, 0.3) is 5.91 Å². The number of rotatable bonds is 3. The first-order chi connectivity index (χ1) is 11.7. The number of aryl methyl sites for hydroxylation is 1. The van der Waals surface area contributed by atoms with Gasteiger partial charge in [-0.1, -0.05) is 0 Å². The Labute approximate surface area is 145 Å². The molecule has 1 fully saturated rings. The molecule has 2 aliphatic heterocycles. The Morgan fingerprint density at radius 2 is 1.96 bits per heavy atom. The second-order valence-electron chi connectivity index (χ2n) is 6.38. The monoisotopic (exact) mass is 368 g/mol. The number of nitrogens with zero attached hydrogens (tertiary/aromatic N) is 1. The summed E-state index contributed by atoms with van der Waals surface area (Å²) in [6, 6.07) is 3.01. The minimum atomic E-state index is -3.76. The Bertz CT molecular complexity index is 827. The van der Waals surface area contributed by atoms with Gasteiger partial charge < -0.3 is 15.2 Å². The molecule has 2 heterocycles. The predicted molar refractivity (Wildman–Crippen MR) is 89.0 cm³/mol. The largest absolute Gasteiger partial charge is 0.481 e. The predicted octanol–water partition coefficient (Wildman–Crippen LogP) is 1.20. The van der Waals surface area contributed by atoms with Crippen molar-refractivity contribution in [1.29, 1.82) is 0 Å². The van der Waals surface area contributed by atoms with E-state index < -0.39 is 28.0 Å². The molecule has 0 aliphatic carbocycles. The van der Waals surface area contributed by atoms with Crippen molar-refractivity contribution >= 4 is 27.6 Å². The van der Waals surface area contributed by atoms with Crippen molar-refractivity contribution in [1.82, 2.24) is 4.31 Å². The molecule has 1 amide bonds. The van der Waals surface area contributed by atoms with Crippen LogP contribution in [-0.2, 0) is 19.6 Å². The first-order valence-electron chi connectivity index (χ1n) is 8.05. The number of benzene rings is 1. The smallest absolute Gasteiger partial charge is 0.306 e. The number of carboxylic acids is 1. The highest BCUT2D eigenvalue weighted by atomic mass is 32.2. The number of carbonyl (C=O) groups excluding carboxylic acids is 1. The number of nitrogens with one attached hydrogen (secondary N) is 1. The number of anilines is 1. The summed E-state index contributed by atoms with van der Waals surface area (Å²) in [6.07, 6.45) is -0.110. The normalized spacial score (nSPS) is 22.0. The van der Waals surface area contributed by atoms with Crippen LogP contribution in [0.3, 0.4) is 0 Å². The van der Waals surface area contributed by atoms with Crippen molar-refractivity contribution in [2.24, 2.45) is 5.92 Å². The molecular weight excluding hydrogens is 348 g/mol. The highest BCUT2D eigenvalue weighted by molar-refractivity contribution is 7.89. The number of aliphatic carboxylic acids is 1. The van der Waals surface area contributed by atoms with E-state index in [0.29, 0.717) is 29.8 Å². The molecule has 1 saturated heterocycles. The summed E-state index contributed by atoms with van der Waals surface area (Å²) in [5, 5.41) is 11.7. The summed E-state index contributed by atoms with van der Waals surface area (Å²) in [4.78, 5) is 22.8. The zero-order valence-electron chi connectivity index (χ0n) is 14.0. The van der Waals surface area contributed by atoms with Crippen molar-refractivity contribution in [3.8, 4) is 5.75 Å². The molecule has 2 aliphatic rings. The minimum absolute atomic E-state index is 0.114. The van der Waals surface area contributed by atoms with Gasteiger partial charge in [-0.05, 0) is 38.3 Å². The fourth-order valence-corrected chi connectivity index (χ4v) is 4.79. The summed E-state index contributed by atoms with van der Waals surface area (Å²) >= 11 is 0. The first-order valence-corrected chi connectivity index (χ1v) is 9.49. The number of hydrogen-bond donors (Lipinski definition) is 2. The molecule has 1 aromatic rings. The number of piperidine rings is 1. The van der Waals surface area contributed by atoms with Gasteiger partial charge in [0.2, 0.25) is 10.0 Å². The van der Waals surface area contributed by atoms with Gasteiger partial charge in [-0.25, -0.2) is 8.42 Å². The van der Waals surface area contributed by atoms with Crippen LogP contribution in [0.5, 0.6) is 5.75 Å². The number of fused-ring (bicyclic) bond motifs is 1. The maximum Gasteiger partial charge on any atom is 0.306 e. The van der Waals surface area contributed by atoms with Crippen molar-refractivity contribution in [2.45, 2.75) is 37.7 Å². The van der Waals surface area contributed by atoms with E-state index in [1.54, 1.807) is 19.9 Å². The first kappa shape index (κ1) is 17.7. The van der Waals surface area contributed by atoms with Gasteiger partial charge in [-0.2, -0.15) is 4.31 Å². The van der Waals surface area contributed by atoms with Crippen molar-refractivity contribution in [3.05, 3.63) is 17.7 Å². The lowest BCUT2D eigenvalue weighted by Gasteiger charge is -2.30. The van der Waals surface area contributed by atoms with E-state index in [2.05, 4.69) is 5.32 Å². The molecule has 3 rings (SSSR count). The maximum atomic E-state index is 13.0. The average Bonchev–Trinajstić information content (AvgIpc) is 2.56. The van der Waals surface area contributed by atoms with Gasteiger partial charge in [0.15, 0.2) is 6.10 Å². The molecule has 0 radical (unpaired) electrons. The number of carboxylic acid groups (broad SMARTS) is 1.